The van der Waals surface area contributed by atoms with Crippen LogP contribution in [0.2, 0.25) is 0 Å². The lowest BCUT2D eigenvalue weighted by atomic mass is 9.92. The average molecular weight is 1190 g/mol. The van der Waals surface area contributed by atoms with E-state index in [2.05, 4.69) is 76.3 Å². The van der Waals surface area contributed by atoms with Gasteiger partial charge in [-0.2, -0.15) is 0 Å². The van der Waals surface area contributed by atoms with Gasteiger partial charge in [-0.1, -0.05) is 282 Å². The van der Waals surface area contributed by atoms with Crippen molar-refractivity contribution in [3.63, 3.8) is 0 Å². The molecule has 496 valence electrons. The first-order chi connectivity index (χ1) is 41.8. The molecule has 0 aliphatic heterocycles. The molecule has 0 spiro atoms. The molecule has 0 heterocycles. The summed E-state index contributed by atoms with van der Waals surface area (Å²) in [5.74, 6) is -1.39. The van der Waals surface area contributed by atoms with Crippen LogP contribution >= 0.6 is 0 Å². The summed E-state index contributed by atoms with van der Waals surface area (Å²) in [6.45, 7) is 8.32. The van der Waals surface area contributed by atoms with Crippen molar-refractivity contribution >= 4 is 23.9 Å². The fraction of sp³-hybridized carbons (Fsp3) is 0.844. The number of hydrogen-bond acceptors (Lipinski definition) is 8. The van der Waals surface area contributed by atoms with E-state index in [0.717, 1.165) is 154 Å². The summed E-state index contributed by atoms with van der Waals surface area (Å²) in [4.78, 5) is 53.5. The predicted octanol–water partition coefficient (Wildman–Crippen LogP) is 24.3. The lowest BCUT2D eigenvalue weighted by molar-refractivity contribution is -0.170. The Labute approximate surface area is 527 Å². The highest BCUT2D eigenvalue weighted by Crippen LogP contribution is 2.25. The Morgan fingerprint density at radius 1 is 0.212 bits per heavy atom. The van der Waals surface area contributed by atoms with E-state index in [0.29, 0.717) is 0 Å². The van der Waals surface area contributed by atoms with Gasteiger partial charge in [0, 0.05) is 25.7 Å². The van der Waals surface area contributed by atoms with Crippen LogP contribution in [-0.2, 0) is 38.1 Å². The van der Waals surface area contributed by atoms with Gasteiger partial charge in [0.25, 0.3) is 0 Å². The number of unbranched alkanes of at least 4 members (excludes halogenated alkanes) is 44. The molecule has 0 rings (SSSR count). The smallest absolute Gasteiger partial charge is 0.305 e. The molecule has 0 saturated carbocycles. The number of carbonyl (C=O) groups excluding carboxylic acids is 4. The van der Waals surface area contributed by atoms with Crippen LogP contribution in [0.1, 0.15) is 387 Å². The topological polar surface area (TPSA) is 105 Å². The molecule has 0 unspecified atom stereocenters. The van der Waals surface area contributed by atoms with Gasteiger partial charge in [-0.25, -0.2) is 0 Å². The molecule has 0 aliphatic rings. The van der Waals surface area contributed by atoms with E-state index < -0.39 is 5.41 Å². The molecule has 0 aliphatic carbocycles. The lowest BCUT2D eigenvalue weighted by Crippen LogP contribution is -2.44. The molecule has 0 amide bonds. The van der Waals surface area contributed by atoms with Gasteiger partial charge in [0.15, 0.2) is 0 Å². The van der Waals surface area contributed by atoms with E-state index in [9.17, 15) is 19.2 Å². The van der Waals surface area contributed by atoms with Crippen molar-refractivity contribution in [2.24, 2.45) is 5.41 Å². The molecule has 0 bridgehead atoms. The first-order valence-electron chi connectivity index (χ1n) is 37.0. The molecule has 0 saturated heterocycles. The summed E-state index contributed by atoms with van der Waals surface area (Å²) in [5, 5.41) is 0. The first-order valence-corrected chi connectivity index (χ1v) is 37.0. The summed E-state index contributed by atoms with van der Waals surface area (Å²) in [6.07, 6.45) is 80.9. The zero-order chi connectivity index (χ0) is 61.7. The van der Waals surface area contributed by atoms with Gasteiger partial charge in [-0.15, -0.1) is 0 Å². The summed E-state index contributed by atoms with van der Waals surface area (Å²) in [6, 6.07) is 0. The molecule has 8 heteroatoms. The lowest BCUT2D eigenvalue weighted by Gasteiger charge is -2.31. The number of esters is 4. The van der Waals surface area contributed by atoms with Gasteiger partial charge in [-0.3, -0.25) is 19.2 Å². The van der Waals surface area contributed by atoms with Crippen molar-refractivity contribution in [3.05, 3.63) is 48.6 Å². The molecule has 8 nitrogen and oxygen atoms in total. The summed E-state index contributed by atoms with van der Waals surface area (Å²) in [5.41, 5.74) is -1.23. The maximum Gasteiger partial charge on any atom is 0.305 e. The molecule has 0 aromatic carbocycles. The SMILES string of the molecule is CCCCCCCC/C=C/CCCCCCCC(=O)OCC(COC(=O)CCCCCCC/C=C/CCCCCCCC)(COC(=O)CCCCCCC/C=C/CCCCCCCC)COC(=O)CCCCCCC/C=C/CCCCCCCC. The molecule has 85 heavy (non-hydrogen) atoms. The van der Waals surface area contributed by atoms with E-state index in [-0.39, 0.29) is 76.0 Å². The fourth-order valence-corrected chi connectivity index (χ4v) is 10.8. The normalized spacial score (nSPS) is 12.0. The standard InChI is InChI=1S/C77H140O8/c1-5-9-13-17-21-25-29-33-37-41-45-49-53-57-61-65-73(78)82-69-77(70-83-74(79)66-62-58-54-50-46-42-38-34-30-26-22-18-14-10-6-2,71-84-75(80)67-63-59-55-51-47-43-39-35-31-27-23-19-15-11-7-3)72-85-76(81)68-64-60-56-52-48-44-40-36-32-28-24-20-16-12-8-4/h33-40H,5-32,41-72H2,1-4H3/b37-33+,38-34+,39-35+,40-36+. The van der Waals surface area contributed by atoms with Crippen LogP contribution in [-0.4, -0.2) is 50.3 Å². The van der Waals surface area contributed by atoms with Crippen LogP contribution in [0.5, 0.6) is 0 Å². The Morgan fingerprint density at radius 2 is 0.353 bits per heavy atom. The van der Waals surface area contributed by atoms with E-state index in [1.807, 2.05) is 0 Å². The third kappa shape index (κ3) is 63.7. The molecule has 0 N–H and O–H groups in total. The highest BCUT2D eigenvalue weighted by Gasteiger charge is 2.38. The Balaban J connectivity index is 5.51. The summed E-state index contributed by atoms with van der Waals surface area (Å²) >= 11 is 0. The van der Waals surface area contributed by atoms with Crippen LogP contribution < -0.4 is 0 Å². The Morgan fingerprint density at radius 3 is 0.518 bits per heavy atom. The third-order valence-electron chi connectivity index (χ3n) is 16.7. The van der Waals surface area contributed by atoms with Crippen molar-refractivity contribution in [3.8, 4) is 0 Å². The van der Waals surface area contributed by atoms with Gasteiger partial charge < -0.3 is 18.9 Å². The predicted molar refractivity (Wildman–Crippen MR) is 364 cm³/mol. The minimum Gasteiger partial charge on any atom is -0.465 e. The van der Waals surface area contributed by atoms with Crippen molar-refractivity contribution in [1.29, 1.82) is 0 Å². The number of allylic oxidation sites excluding steroid dienone is 8. The average Bonchev–Trinajstić information content (AvgIpc) is 3.60. The Bertz CT molecular complexity index is 1330. The van der Waals surface area contributed by atoms with E-state index in [4.69, 9.17) is 18.9 Å². The van der Waals surface area contributed by atoms with Gasteiger partial charge in [-0.05, 0) is 128 Å². The van der Waals surface area contributed by atoms with Crippen molar-refractivity contribution in [2.45, 2.75) is 387 Å². The molecule has 0 aromatic heterocycles. The number of hydrogen-bond donors (Lipinski definition) is 0. The van der Waals surface area contributed by atoms with Crippen molar-refractivity contribution < 1.29 is 38.1 Å². The quantitative estimate of drug-likeness (QED) is 0.0257. The van der Waals surface area contributed by atoms with Crippen LogP contribution in [0.25, 0.3) is 0 Å². The largest absolute Gasteiger partial charge is 0.465 e. The van der Waals surface area contributed by atoms with Gasteiger partial charge >= 0.3 is 23.9 Å². The van der Waals surface area contributed by atoms with Gasteiger partial charge in [0.1, 0.15) is 31.8 Å². The number of rotatable bonds is 68. The summed E-state index contributed by atoms with van der Waals surface area (Å²) < 4.78 is 23.8. The summed E-state index contributed by atoms with van der Waals surface area (Å²) in [7, 11) is 0. The van der Waals surface area contributed by atoms with Crippen LogP contribution in [0, 0.1) is 5.41 Å². The molecule has 0 aromatic rings. The highest BCUT2D eigenvalue weighted by molar-refractivity contribution is 5.71. The van der Waals surface area contributed by atoms with Crippen molar-refractivity contribution in [2.75, 3.05) is 26.4 Å². The number of ether oxygens (including phenoxy) is 4. The van der Waals surface area contributed by atoms with Crippen molar-refractivity contribution in [1.82, 2.24) is 0 Å². The second-order valence-electron chi connectivity index (χ2n) is 25.5. The highest BCUT2D eigenvalue weighted by atomic mass is 16.6. The third-order valence-corrected chi connectivity index (χ3v) is 16.7. The van der Waals surface area contributed by atoms with E-state index in [1.54, 1.807) is 0 Å². The fourth-order valence-electron chi connectivity index (χ4n) is 10.8. The Kier molecular flexibility index (Phi) is 65.8. The first kappa shape index (κ1) is 81.8. The van der Waals surface area contributed by atoms with E-state index in [1.165, 1.54) is 180 Å². The maximum atomic E-state index is 13.4. The number of carbonyl (C=O) groups is 4. The minimum absolute atomic E-state index is 0.182. The molecule has 0 radical (unpaired) electrons. The van der Waals surface area contributed by atoms with Gasteiger partial charge in [0.2, 0.25) is 0 Å². The second kappa shape index (κ2) is 68.3. The van der Waals surface area contributed by atoms with Gasteiger partial charge in [0.05, 0.1) is 0 Å². The molecule has 0 atom stereocenters. The Hall–Kier alpha value is -3.16. The zero-order valence-electron chi connectivity index (χ0n) is 56.8. The van der Waals surface area contributed by atoms with Crippen LogP contribution in [0.4, 0.5) is 0 Å². The van der Waals surface area contributed by atoms with Crippen LogP contribution in [0.3, 0.4) is 0 Å². The minimum atomic E-state index is -1.23. The molecule has 0 fully saturated rings. The maximum absolute atomic E-state index is 13.4. The molecular formula is C77H140O8. The monoisotopic (exact) mass is 1190 g/mol. The molecular weight excluding hydrogens is 1050 g/mol. The van der Waals surface area contributed by atoms with E-state index >= 15 is 0 Å². The van der Waals surface area contributed by atoms with Crippen LogP contribution in [0.15, 0.2) is 48.6 Å². The second-order valence-corrected chi connectivity index (χ2v) is 25.5. The zero-order valence-corrected chi connectivity index (χ0v) is 56.8.